The molecule has 6 heteroatoms. The quantitative estimate of drug-likeness (QED) is 0.172. The van der Waals surface area contributed by atoms with Crippen LogP contribution < -0.4 is 10.6 Å². The Balaban J connectivity index is 3.73. The summed E-state index contributed by atoms with van der Waals surface area (Å²) in [5.41, 5.74) is 0. The third kappa shape index (κ3) is 21.4. The van der Waals surface area contributed by atoms with Crippen LogP contribution in [0.3, 0.4) is 0 Å². The van der Waals surface area contributed by atoms with Gasteiger partial charge in [0.25, 0.3) is 0 Å². The van der Waals surface area contributed by atoms with Crippen molar-refractivity contribution in [1.29, 1.82) is 0 Å². The van der Waals surface area contributed by atoms with E-state index in [2.05, 4.69) is 48.1 Å². The lowest BCUT2D eigenvalue weighted by Gasteiger charge is -2.21. The molecule has 2 N–H and O–H groups in total. The van der Waals surface area contributed by atoms with E-state index in [1.54, 1.807) is 0 Å². The predicted molar refractivity (Wildman–Crippen MR) is 146 cm³/mol. The van der Waals surface area contributed by atoms with Crippen LogP contribution in [0.5, 0.6) is 0 Å². The van der Waals surface area contributed by atoms with E-state index in [9.17, 15) is 9.59 Å². The Morgan fingerprint density at radius 1 is 0.471 bits per heavy atom. The SMILES string of the molecule is CCCCN(CCCC)CCC(=O)NCCCCCCNC(=O)CCN(CCCC)CCCC. The molecule has 0 aliphatic carbocycles. The van der Waals surface area contributed by atoms with Crippen LogP contribution in [0.2, 0.25) is 0 Å². The van der Waals surface area contributed by atoms with Gasteiger partial charge in [-0.25, -0.2) is 0 Å². The van der Waals surface area contributed by atoms with Crippen molar-refractivity contribution in [3.8, 4) is 0 Å². The molecule has 34 heavy (non-hydrogen) atoms. The number of carbonyl (C=O) groups is 2. The first kappa shape index (κ1) is 32.9. The fourth-order valence-electron chi connectivity index (χ4n) is 3.95. The average Bonchev–Trinajstić information content (AvgIpc) is 2.84. The van der Waals surface area contributed by atoms with Crippen molar-refractivity contribution >= 4 is 11.8 Å². The lowest BCUT2D eigenvalue weighted by molar-refractivity contribution is -0.122. The summed E-state index contributed by atoms with van der Waals surface area (Å²) >= 11 is 0. The summed E-state index contributed by atoms with van der Waals surface area (Å²) in [6.45, 7) is 16.6. The molecule has 0 bridgehead atoms. The number of carbonyl (C=O) groups excluding carboxylic acids is 2. The molecule has 202 valence electrons. The maximum atomic E-state index is 12.1. The van der Waals surface area contributed by atoms with Crippen LogP contribution in [0.15, 0.2) is 0 Å². The fraction of sp³-hybridized carbons (Fsp3) is 0.929. The maximum Gasteiger partial charge on any atom is 0.221 e. The normalized spacial score (nSPS) is 11.4. The number of nitrogens with zero attached hydrogens (tertiary/aromatic N) is 2. The highest BCUT2D eigenvalue weighted by Crippen LogP contribution is 2.03. The summed E-state index contributed by atoms with van der Waals surface area (Å²) in [6.07, 6.45) is 15.1. The van der Waals surface area contributed by atoms with E-state index in [1.165, 1.54) is 51.4 Å². The standard InChI is InChI=1S/C28H58N4O2/c1-5-9-21-31(22-10-6-2)25-17-27(33)29-19-15-13-14-16-20-30-28(34)18-26-32(23-11-7-3)24-12-8-4/h5-26H2,1-4H3,(H,29,33)(H,30,34). The van der Waals surface area contributed by atoms with E-state index in [0.29, 0.717) is 12.8 Å². The van der Waals surface area contributed by atoms with Crippen LogP contribution in [-0.4, -0.2) is 74.0 Å². The highest BCUT2D eigenvalue weighted by Gasteiger charge is 2.09. The van der Waals surface area contributed by atoms with Gasteiger partial charge in [-0.3, -0.25) is 9.59 Å². The van der Waals surface area contributed by atoms with Gasteiger partial charge in [0, 0.05) is 39.0 Å². The summed E-state index contributed by atoms with van der Waals surface area (Å²) in [6, 6.07) is 0. The Kier molecular flexibility index (Phi) is 24.1. The Labute approximate surface area is 212 Å². The second-order valence-corrected chi connectivity index (χ2v) is 9.71. The number of rotatable bonds is 25. The Morgan fingerprint density at radius 3 is 1.09 bits per heavy atom. The molecule has 0 unspecified atom stereocenters. The topological polar surface area (TPSA) is 64.7 Å². The minimum atomic E-state index is 0.178. The monoisotopic (exact) mass is 482 g/mol. The first-order valence-corrected chi connectivity index (χ1v) is 14.5. The molecular formula is C28H58N4O2. The zero-order valence-corrected chi connectivity index (χ0v) is 23.3. The van der Waals surface area contributed by atoms with Crippen molar-refractivity contribution in [2.75, 3.05) is 52.4 Å². The third-order valence-corrected chi connectivity index (χ3v) is 6.37. The van der Waals surface area contributed by atoms with Crippen LogP contribution in [0.4, 0.5) is 0 Å². The van der Waals surface area contributed by atoms with Crippen LogP contribution >= 0.6 is 0 Å². The summed E-state index contributed by atoms with van der Waals surface area (Å²) < 4.78 is 0. The number of hydrogen-bond acceptors (Lipinski definition) is 4. The highest BCUT2D eigenvalue weighted by molar-refractivity contribution is 5.76. The molecule has 0 rings (SSSR count). The molecular weight excluding hydrogens is 424 g/mol. The van der Waals surface area contributed by atoms with Gasteiger partial charge in [0.1, 0.15) is 0 Å². The van der Waals surface area contributed by atoms with Gasteiger partial charge < -0.3 is 20.4 Å². The fourth-order valence-corrected chi connectivity index (χ4v) is 3.95. The minimum absolute atomic E-state index is 0.178. The van der Waals surface area contributed by atoms with Gasteiger partial charge in [-0.15, -0.1) is 0 Å². The molecule has 0 aromatic heterocycles. The molecule has 0 heterocycles. The summed E-state index contributed by atoms with van der Waals surface area (Å²) in [5.74, 6) is 0.356. The van der Waals surface area contributed by atoms with Crippen molar-refractivity contribution < 1.29 is 9.59 Å². The summed E-state index contributed by atoms with van der Waals surface area (Å²) in [4.78, 5) is 29.2. The second-order valence-electron chi connectivity index (χ2n) is 9.71. The summed E-state index contributed by atoms with van der Waals surface area (Å²) in [5, 5.41) is 6.15. The Hall–Kier alpha value is -1.14. The van der Waals surface area contributed by atoms with Crippen molar-refractivity contribution in [2.45, 2.75) is 118 Å². The van der Waals surface area contributed by atoms with Crippen LogP contribution in [-0.2, 0) is 9.59 Å². The van der Waals surface area contributed by atoms with Crippen LogP contribution in [0, 0.1) is 0 Å². The molecule has 0 saturated heterocycles. The highest BCUT2D eigenvalue weighted by atomic mass is 16.2. The van der Waals surface area contributed by atoms with Crippen molar-refractivity contribution in [2.24, 2.45) is 0 Å². The van der Waals surface area contributed by atoms with Crippen molar-refractivity contribution in [1.82, 2.24) is 20.4 Å². The molecule has 0 spiro atoms. The van der Waals surface area contributed by atoms with E-state index in [0.717, 1.165) is 78.0 Å². The molecule has 0 aromatic carbocycles. The molecule has 0 radical (unpaired) electrons. The summed E-state index contributed by atoms with van der Waals surface area (Å²) in [7, 11) is 0. The van der Waals surface area contributed by atoms with Gasteiger partial charge in [0.05, 0.1) is 0 Å². The minimum Gasteiger partial charge on any atom is -0.356 e. The largest absolute Gasteiger partial charge is 0.356 e. The molecule has 0 aromatic rings. The molecule has 0 fully saturated rings. The first-order valence-electron chi connectivity index (χ1n) is 14.5. The zero-order valence-electron chi connectivity index (χ0n) is 23.3. The third-order valence-electron chi connectivity index (χ3n) is 6.37. The van der Waals surface area contributed by atoms with Crippen molar-refractivity contribution in [3.05, 3.63) is 0 Å². The Bertz CT molecular complexity index is 415. The van der Waals surface area contributed by atoms with Crippen LogP contribution in [0.1, 0.15) is 118 Å². The second kappa shape index (κ2) is 25.0. The number of nitrogens with one attached hydrogen (secondary N) is 2. The van der Waals surface area contributed by atoms with Gasteiger partial charge >= 0.3 is 0 Å². The molecule has 0 aliphatic rings. The molecule has 0 atom stereocenters. The number of hydrogen-bond donors (Lipinski definition) is 2. The number of unbranched alkanes of at least 4 members (excludes halogenated alkanes) is 7. The van der Waals surface area contributed by atoms with E-state index in [4.69, 9.17) is 0 Å². The smallest absolute Gasteiger partial charge is 0.221 e. The molecule has 2 amide bonds. The van der Waals surface area contributed by atoms with E-state index in [1.807, 2.05) is 0 Å². The van der Waals surface area contributed by atoms with Crippen LogP contribution in [0.25, 0.3) is 0 Å². The van der Waals surface area contributed by atoms with E-state index in [-0.39, 0.29) is 11.8 Å². The predicted octanol–water partition coefficient (Wildman–Crippen LogP) is 5.36. The molecule has 0 aliphatic heterocycles. The van der Waals surface area contributed by atoms with E-state index < -0.39 is 0 Å². The van der Waals surface area contributed by atoms with Gasteiger partial charge in [-0.05, 0) is 64.7 Å². The van der Waals surface area contributed by atoms with E-state index >= 15 is 0 Å². The lowest BCUT2D eigenvalue weighted by atomic mass is 10.2. The van der Waals surface area contributed by atoms with Gasteiger partial charge in [0.2, 0.25) is 11.8 Å². The number of amides is 2. The molecule has 6 nitrogen and oxygen atoms in total. The maximum absolute atomic E-state index is 12.1. The van der Waals surface area contributed by atoms with Gasteiger partial charge in [-0.2, -0.15) is 0 Å². The molecule has 0 saturated carbocycles. The first-order chi connectivity index (χ1) is 16.6. The zero-order chi connectivity index (χ0) is 25.3. The van der Waals surface area contributed by atoms with Gasteiger partial charge in [0.15, 0.2) is 0 Å². The van der Waals surface area contributed by atoms with Crippen molar-refractivity contribution in [3.63, 3.8) is 0 Å². The average molecular weight is 483 g/mol. The van der Waals surface area contributed by atoms with Gasteiger partial charge in [-0.1, -0.05) is 66.2 Å². The Morgan fingerprint density at radius 2 is 0.794 bits per heavy atom. The lowest BCUT2D eigenvalue weighted by Crippen LogP contribution is -2.32.